The van der Waals surface area contributed by atoms with Gasteiger partial charge in [0.05, 0.1) is 28.9 Å². The molecule has 5 rings (SSSR count). The first-order valence-electron chi connectivity index (χ1n) is 13.0. The summed E-state index contributed by atoms with van der Waals surface area (Å²) < 4.78 is 14.0. The molecule has 0 aliphatic carbocycles. The van der Waals surface area contributed by atoms with E-state index in [1.165, 1.54) is 24.6 Å². The van der Waals surface area contributed by atoms with Crippen LogP contribution in [-0.2, 0) is 25.6 Å². The highest BCUT2D eigenvalue weighted by molar-refractivity contribution is 5.88. The van der Waals surface area contributed by atoms with Gasteiger partial charge in [0, 0.05) is 32.0 Å². The number of rotatable bonds is 7. The second-order valence-electron chi connectivity index (χ2n) is 10.3. The number of ether oxygens (including phenoxy) is 2. The summed E-state index contributed by atoms with van der Waals surface area (Å²) in [6, 6.07) is 18.8. The largest absolute Gasteiger partial charge is 0.465 e. The quantitative estimate of drug-likeness (QED) is 0.350. The van der Waals surface area contributed by atoms with Crippen molar-refractivity contribution in [2.24, 2.45) is 5.41 Å². The summed E-state index contributed by atoms with van der Waals surface area (Å²) in [6.07, 6.45) is 0. The topological polar surface area (TPSA) is 117 Å². The fourth-order valence-corrected chi connectivity index (χ4v) is 4.90. The van der Waals surface area contributed by atoms with E-state index in [-0.39, 0.29) is 18.8 Å². The highest BCUT2D eigenvalue weighted by Gasteiger charge is 2.40. The summed E-state index contributed by atoms with van der Waals surface area (Å²) in [4.78, 5) is 36.2. The molecule has 10 heteroatoms. The van der Waals surface area contributed by atoms with Gasteiger partial charge in [-0.05, 0) is 37.6 Å². The Balaban J connectivity index is 1.66. The number of hydrogen-bond acceptors (Lipinski definition) is 8. The molecule has 2 aromatic heterocycles. The third-order valence-corrected chi connectivity index (χ3v) is 6.92. The Morgan fingerprint density at radius 1 is 0.950 bits per heavy atom. The second kappa shape index (κ2) is 10.8. The fraction of sp³-hybridized carbons (Fsp3) is 0.300. The molecule has 10 nitrogen and oxygen atoms in total. The Kier molecular flexibility index (Phi) is 7.25. The molecule has 0 saturated heterocycles. The van der Waals surface area contributed by atoms with Crippen molar-refractivity contribution in [2.45, 2.75) is 34.2 Å². The maximum Gasteiger partial charge on any atom is 0.302 e. The van der Waals surface area contributed by atoms with Crippen LogP contribution in [0.15, 0.2) is 65.5 Å². The molecule has 1 aliphatic rings. The Morgan fingerprint density at radius 2 is 1.68 bits per heavy atom. The van der Waals surface area contributed by atoms with Gasteiger partial charge in [0.25, 0.3) is 5.56 Å². The van der Waals surface area contributed by atoms with Crippen molar-refractivity contribution >= 4 is 17.8 Å². The maximum absolute atomic E-state index is 12.9. The second-order valence-corrected chi connectivity index (χ2v) is 10.3. The molecule has 0 saturated carbocycles. The van der Waals surface area contributed by atoms with Gasteiger partial charge in [-0.25, -0.2) is 4.68 Å². The Morgan fingerprint density at radius 3 is 2.35 bits per heavy atom. The van der Waals surface area contributed by atoms with Gasteiger partial charge < -0.3 is 14.8 Å². The molecule has 0 unspecified atom stereocenters. The number of carbonyl (C=O) groups is 2. The number of anilines is 1. The molecule has 0 amide bonds. The minimum atomic E-state index is -0.731. The van der Waals surface area contributed by atoms with Crippen LogP contribution in [0.2, 0.25) is 0 Å². The lowest BCUT2D eigenvalue weighted by molar-refractivity contribution is -0.151. The number of carbonyl (C=O) groups excluding carboxylic acids is 2. The average molecular weight is 542 g/mol. The summed E-state index contributed by atoms with van der Waals surface area (Å²) in [5.41, 5.74) is 4.59. The first-order valence-corrected chi connectivity index (χ1v) is 13.0. The van der Waals surface area contributed by atoms with E-state index in [0.29, 0.717) is 36.0 Å². The standard InChI is InChI=1S/C30H31N5O5/c1-19-8-7-10-23(14-19)28-27(24-12-13-26(38)35(32-24)25-11-6-5-9-20(25)2)29-31-15-30(16-34(29)33-28,17-39-21(3)36)18-40-22(4)37/h5-14,31H,15-18H2,1-4H3. The Hall–Kier alpha value is -4.73. The molecule has 3 heterocycles. The molecule has 206 valence electrons. The van der Waals surface area contributed by atoms with Crippen LogP contribution in [0, 0.1) is 19.3 Å². The lowest BCUT2D eigenvalue weighted by Crippen LogP contribution is -2.47. The van der Waals surface area contributed by atoms with Crippen molar-refractivity contribution < 1.29 is 19.1 Å². The van der Waals surface area contributed by atoms with Gasteiger partial charge in [-0.2, -0.15) is 14.9 Å². The van der Waals surface area contributed by atoms with Gasteiger partial charge >= 0.3 is 11.9 Å². The molecule has 2 aromatic carbocycles. The molecule has 0 atom stereocenters. The normalized spacial score (nSPS) is 13.7. The third-order valence-electron chi connectivity index (χ3n) is 6.92. The van der Waals surface area contributed by atoms with Crippen molar-refractivity contribution in [3.05, 3.63) is 82.1 Å². The lowest BCUT2D eigenvalue weighted by Gasteiger charge is -2.37. The molecule has 40 heavy (non-hydrogen) atoms. The van der Waals surface area contributed by atoms with Crippen LogP contribution < -0.4 is 10.9 Å². The van der Waals surface area contributed by atoms with Crippen molar-refractivity contribution in [1.82, 2.24) is 19.6 Å². The maximum atomic E-state index is 12.9. The van der Waals surface area contributed by atoms with Crippen molar-refractivity contribution in [3.63, 3.8) is 0 Å². The van der Waals surface area contributed by atoms with E-state index in [0.717, 1.165) is 22.3 Å². The summed E-state index contributed by atoms with van der Waals surface area (Å²) in [5, 5.41) is 13.2. The minimum Gasteiger partial charge on any atom is -0.465 e. The van der Waals surface area contributed by atoms with Crippen molar-refractivity contribution in [3.8, 4) is 28.2 Å². The number of aryl methyl sites for hydroxylation is 2. The number of fused-ring (bicyclic) bond motifs is 1. The highest BCUT2D eigenvalue weighted by atomic mass is 16.5. The Bertz CT molecular complexity index is 1640. The third kappa shape index (κ3) is 5.38. The number of aromatic nitrogens is 4. The molecular formula is C30H31N5O5. The fourth-order valence-electron chi connectivity index (χ4n) is 4.90. The lowest BCUT2D eigenvalue weighted by atomic mass is 9.88. The van der Waals surface area contributed by atoms with E-state index >= 15 is 0 Å². The van der Waals surface area contributed by atoms with Gasteiger partial charge in [-0.3, -0.25) is 14.4 Å². The van der Waals surface area contributed by atoms with Crippen LogP contribution >= 0.6 is 0 Å². The molecule has 0 bridgehead atoms. The van der Waals surface area contributed by atoms with Crippen molar-refractivity contribution in [1.29, 1.82) is 0 Å². The SMILES string of the molecule is CC(=O)OCC1(COC(C)=O)CNc2c(-c3ccc(=O)n(-c4ccccc4C)n3)c(-c3cccc(C)c3)nn2C1. The monoisotopic (exact) mass is 541 g/mol. The smallest absolute Gasteiger partial charge is 0.302 e. The first-order chi connectivity index (χ1) is 19.2. The number of nitrogens with zero attached hydrogens (tertiary/aromatic N) is 4. The average Bonchev–Trinajstić information content (AvgIpc) is 3.30. The molecule has 4 aromatic rings. The van der Waals surface area contributed by atoms with Gasteiger partial charge in [0.2, 0.25) is 0 Å². The molecular weight excluding hydrogens is 510 g/mol. The van der Waals surface area contributed by atoms with E-state index in [9.17, 15) is 14.4 Å². The zero-order chi connectivity index (χ0) is 28.4. The molecule has 0 radical (unpaired) electrons. The van der Waals surface area contributed by atoms with E-state index in [4.69, 9.17) is 19.7 Å². The molecule has 0 spiro atoms. The predicted octanol–water partition coefficient (Wildman–Crippen LogP) is 3.92. The predicted molar refractivity (Wildman–Crippen MR) is 150 cm³/mol. The number of hydrogen-bond donors (Lipinski definition) is 1. The van der Waals surface area contributed by atoms with Crippen molar-refractivity contribution in [2.75, 3.05) is 25.1 Å². The van der Waals surface area contributed by atoms with E-state index < -0.39 is 17.4 Å². The van der Waals surface area contributed by atoms with Gasteiger partial charge in [0.15, 0.2) is 0 Å². The van der Waals surface area contributed by atoms with E-state index in [1.54, 1.807) is 10.7 Å². The van der Waals surface area contributed by atoms with Crippen LogP contribution in [-0.4, -0.2) is 51.3 Å². The summed E-state index contributed by atoms with van der Waals surface area (Å²) >= 11 is 0. The zero-order valence-electron chi connectivity index (χ0n) is 22.9. The van der Waals surface area contributed by atoms with E-state index in [2.05, 4.69) is 5.32 Å². The minimum absolute atomic E-state index is 0.0490. The summed E-state index contributed by atoms with van der Waals surface area (Å²) in [7, 11) is 0. The van der Waals surface area contributed by atoms with Crippen LogP contribution in [0.3, 0.4) is 0 Å². The van der Waals surface area contributed by atoms with Gasteiger partial charge in [-0.1, -0.05) is 42.0 Å². The van der Waals surface area contributed by atoms with E-state index in [1.807, 2.05) is 62.4 Å². The van der Waals surface area contributed by atoms with Crippen LogP contribution in [0.1, 0.15) is 25.0 Å². The molecule has 1 aliphatic heterocycles. The zero-order valence-corrected chi connectivity index (χ0v) is 22.9. The number of benzene rings is 2. The first kappa shape index (κ1) is 26.9. The van der Waals surface area contributed by atoms with Crippen LogP contribution in [0.5, 0.6) is 0 Å². The van der Waals surface area contributed by atoms with Gasteiger partial charge in [0.1, 0.15) is 24.7 Å². The summed E-state index contributed by atoms with van der Waals surface area (Å²) in [5.74, 6) is -0.130. The number of esters is 2. The van der Waals surface area contributed by atoms with Crippen LogP contribution in [0.4, 0.5) is 5.82 Å². The van der Waals surface area contributed by atoms with Crippen LogP contribution in [0.25, 0.3) is 28.2 Å². The number of para-hydroxylation sites is 1. The molecule has 0 fully saturated rings. The van der Waals surface area contributed by atoms with Gasteiger partial charge in [-0.15, -0.1) is 0 Å². The Labute approximate surface area is 231 Å². The molecule has 1 N–H and O–H groups in total. The highest BCUT2D eigenvalue weighted by Crippen LogP contribution is 2.41. The summed E-state index contributed by atoms with van der Waals surface area (Å²) in [6.45, 7) is 7.42. The number of nitrogens with one attached hydrogen (secondary N) is 1.